The van der Waals surface area contributed by atoms with Crippen LogP contribution in [0.2, 0.25) is 5.15 Å². The second-order valence-electron chi connectivity index (χ2n) is 8.58. The highest BCUT2D eigenvalue weighted by Gasteiger charge is 2.32. The lowest BCUT2D eigenvalue weighted by atomic mass is 9.84. The van der Waals surface area contributed by atoms with Gasteiger partial charge in [0.05, 0.1) is 12.2 Å². The lowest BCUT2D eigenvalue weighted by Crippen LogP contribution is -2.53. The van der Waals surface area contributed by atoms with Crippen molar-refractivity contribution in [2.45, 2.75) is 44.9 Å². The average Bonchev–Trinajstić information content (AvgIpc) is 2.87. The van der Waals surface area contributed by atoms with Crippen molar-refractivity contribution < 1.29 is 14.3 Å². The first kappa shape index (κ1) is 23.4. The molecule has 2 fully saturated rings. The van der Waals surface area contributed by atoms with Crippen LogP contribution >= 0.6 is 11.6 Å². The Morgan fingerprint density at radius 1 is 1.00 bits per heavy atom. The molecule has 176 valence electrons. The summed E-state index contributed by atoms with van der Waals surface area (Å²) in [5.41, 5.74) is 1.58. The second kappa shape index (κ2) is 11.4. The van der Waals surface area contributed by atoms with E-state index in [1.165, 1.54) is 6.20 Å². The van der Waals surface area contributed by atoms with Crippen LogP contribution in [-0.2, 0) is 22.7 Å². The fraction of sp³-hybridized carbons (Fsp3) is 0.500. The van der Waals surface area contributed by atoms with Gasteiger partial charge in [0.25, 0.3) is 0 Å². The zero-order chi connectivity index (χ0) is 23.0. The van der Waals surface area contributed by atoms with Crippen LogP contribution in [0.25, 0.3) is 0 Å². The monoisotopic (exact) mass is 471 g/mol. The minimum Gasteiger partial charge on any atom is -0.445 e. The van der Waals surface area contributed by atoms with Crippen LogP contribution in [0.1, 0.15) is 36.9 Å². The summed E-state index contributed by atoms with van der Waals surface area (Å²) in [7, 11) is 0. The van der Waals surface area contributed by atoms with Gasteiger partial charge in [-0.1, -0.05) is 41.9 Å². The van der Waals surface area contributed by atoms with E-state index in [2.05, 4.69) is 20.2 Å². The lowest BCUT2D eigenvalue weighted by molar-refractivity contribution is -0.126. The summed E-state index contributed by atoms with van der Waals surface area (Å²) in [6.45, 7) is 3.63. The number of nitrogens with one attached hydrogen (secondary N) is 1. The Hall–Kier alpha value is -2.71. The van der Waals surface area contributed by atoms with E-state index < -0.39 is 0 Å². The molecule has 1 aliphatic heterocycles. The highest BCUT2D eigenvalue weighted by molar-refractivity contribution is 6.29. The van der Waals surface area contributed by atoms with Crippen LogP contribution in [0.5, 0.6) is 0 Å². The summed E-state index contributed by atoms with van der Waals surface area (Å²) >= 11 is 6.01. The number of piperazine rings is 1. The van der Waals surface area contributed by atoms with Crippen molar-refractivity contribution in [3.05, 3.63) is 59.1 Å². The number of benzene rings is 1. The van der Waals surface area contributed by atoms with E-state index in [-0.39, 0.29) is 17.9 Å². The third-order valence-corrected chi connectivity index (χ3v) is 6.83. The van der Waals surface area contributed by atoms with Gasteiger partial charge < -0.3 is 15.0 Å². The van der Waals surface area contributed by atoms with Gasteiger partial charge in [0.2, 0.25) is 5.91 Å². The summed E-state index contributed by atoms with van der Waals surface area (Å²) in [6, 6.07) is 10.2. The van der Waals surface area contributed by atoms with E-state index in [4.69, 9.17) is 16.3 Å². The number of amides is 2. The maximum Gasteiger partial charge on any atom is 0.410 e. The molecule has 0 radical (unpaired) electrons. The molecule has 4 rings (SSSR count). The van der Waals surface area contributed by atoms with Crippen LogP contribution in [0.15, 0.2) is 42.7 Å². The Morgan fingerprint density at radius 2 is 1.70 bits per heavy atom. The van der Waals surface area contributed by atoms with E-state index in [9.17, 15) is 9.59 Å². The fourth-order valence-electron chi connectivity index (χ4n) is 4.57. The fourth-order valence-corrected chi connectivity index (χ4v) is 4.74. The van der Waals surface area contributed by atoms with E-state index >= 15 is 0 Å². The van der Waals surface area contributed by atoms with E-state index in [1.54, 1.807) is 11.1 Å². The van der Waals surface area contributed by atoms with Crippen molar-refractivity contribution in [2.75, 3.05) is 26.2 Å². The maximum absolute atomic E-state index is 12.6. The van der Waals surface area contributed by atoms with Crippen LogP contribution in [-0.4, -0.2) is 64.0 Å². The van der Waals surface area contributed by atoms with E-state index in [1.807, 2.05) is 30.3 Å². The zero-order valence-electron chi connectivity index (χ0n) is 18.7. The highest BCUT2D eigenvalue weighted by Crippen LogP contribution is 2.28. The molecule has 1 aromatic heterocycles. The van der Waals surface area contributed by atoms with Crippen LogP contribution < -0.4 is 5.32 Å². The molecule has 2 heterocycles. The third kappa shape index (κ3) is 6.42. The molecule has 0 unspecified atom stereocenters. The molecule has 33 heavy (non-hydrogen) atoms. The number of nitrogens with zero attached hydrogens (tertiary/aromatic N) is 4. The molecular formula is C24H30ClN5O3. The number of aromatic nitrogens is 2. The average molecular weight is 472 g/mol. The molecule has 1 aliphatic carbocycles. The molecule has 0 spiro atoms. The highest BCUT2D eigenvalue weighted by atomic mass is 35.5. The smallest absolute Gasteiger partial charge is 0.410 e. The number of carbonyl (C=O) groups excluding carboxylic acids is 2. The molecule has 1 saturated heterocycles. The molecule has 2 aromatic rings. The van der Waals surface area contributed by atoms with Gasteiger partial charge in [-0.15, -0.1) is 0 Å². The Balaban J connectivity index is 1.15. The Morgan fingerprint density at radius 3 is 2.39 bits per heavy atom. The summed E-state index contributed by atoms with van der Waals surface area (Å²) in [6.07, 6.45) is 6.56. The van der Waals surface area contributed by atoms with Crippen molar-refractivity contribution in [3.8, 4) is 0 Å². The molecule has 0 atom stereocenters. The molecule has 8 nitrogen and oxygen atoms in total. The quantitative estimate of drug-likeness (QED) is 0.695. The first-order chi connectivity index (χ1) is 16.1. The number of carbonyl (C=O) groups is 2. The summed E-state index contributed by atoms with van der Waals surface area (Å²) in [5.74, 6) is 0.0760. The SMILES string of the molecule is O=C(NCc1nccnc1Cl)C1CCC(N2CCN(C(=O)OCc3ccccc3)CC2)CC1. The second-order valence-corrected chi connectivity index (χ2v) is 8.94. The van der Waals surface area contributed by atoms with Crippen LogP contribution in [0.3, 0.4) is 0 Å². The molecule has 9 heteroatoms. The topological polar surface area (TPSA) is 87.7 Å². The Bertz CT molecular complexity index is 929. The standard InChI is InChI=1S/C24H30ClN5O3/c25-22-21(26-10-11-27-22)16-28-23(31)19-6-8-20(9-7-19)29-12-14-30(15-13-29)24(32)33-17-18-4-2-1-3-5-18/h1-5,10-11,19-20H,6-9,12-17H2,(H,28,31). The normalized spacial score (nSPS) is 21.4. The maximum atomic E-state index is 12.6. The van der Waals surface area contributed by atoms with Gasteiger partial charge in [0, 0.05) is 50.5 Å². The minimum atomic E-state index is -0.248. The van der Waals surface area contributed by atoms with Gasteiger partial charge in [-0.05, 0) is 31.2 Å². The molecule has 0 bridgehead atoms. The van der Waals surface area contributed by atoms with Gasteiger partial charge in [-0.25, -0.2) is 9.78 Å². The Kier molecular flexibility index (Phi) is 8.12. The van der Waals surface area contributed by atoms with Crippen LogP contribution in [0, 0.1) is 5.92 Å². The minimum absolute atomic E-state index is 0.0194. The van der Waals surface area contributed by atoms with Crippen molar-refractivity contribution in [2.24, 2.45) is 5.92 Å². The number of hydrogen-bond donors (Lipinski definition) is 1. The number of ether oxygens (including phenoxy) is 1. The predicted molar refractivity (Wildman–Crippen MR) is 124 cm³/mol. The molecule has 1 N–H and O–H groups in total. The van der Waals surface area contributed by atoms with Crippen molar-refractivity contribution >= 4 is 23.6 Å². The Labute approximate surface area is 199 Å². The molecule has 2 aliphatic rings. The van der Waals surface area contributed by atoms with E-state index in [0.717, 1.165) is 44.3 Å². The van der Waals surface area contributed by atoms with Gasteiger partial charge in [-0.2, -0.15) is 0 Å². The molecular weight excluding hydrogens is 442 g/mol. The first-order valence-corrected chi connectivity index (χ1v) is 11.9. The largest absolute Gasteiger partial charge is 0.445 e. The number of halogens is 1. The zero-order valence-corrected chi connectivity index (χ0v) is 19.4. The summed E-state index contributed by atoms with van der Waals surface area (Å²) in [4.78, 5) is 37.3. The predicted octanol–water partition coefficient (Wildman–Crippen LogP) is 3.26. The summed E-state index contributed by atoms with van der Waals surface area (Å²) < 4.78 is 5.46. The van der Waals surface area contributed by atoms with Gasteiger partial charge in [0.1, 0.15) is 6.61 Å². The molecule has 2 amide bonds. The van der Waals surface area contributed by atoms with Crippen molar-refractivity contribution in [1.29, 1.82) is 0 Å². The number of rotatable bonds is 6. The molecule has 1 saturated carbocycles. The van der Waals surface area contributed by atoms with Crippen LogP contribution in [0.4, 0.5) is 4.79 Å². The number of hydrogen-bond acceptors (Lipinski definition) is 6. The lowest BCUT2D eigenvalue weighted by Gasteiger charge is -2.41. The van der Waals surface area contributed by atoms with Crippen molar-refractivity contribution in [3.63, 3.8) is 0 Å². The molecule has 1 aromatic carbocycles. The first-order valence-electron chi connectivity index (χ1n) is 11.5. The van der Waals surface area contributed by atoms with Crippen molar-refractivity contribution in [1.82, 2.24) is 25.1 Å². The van der Waals surface area contributed by atoms with E-state index in [0.29, 0.717) is 43.1 Å². The third-order valence-electron chi connectivity index (χ3n) is 6.51. The summed E-state index contributed by atoms with van der Waals surface area (Å²) in [5, 5.41) is 3.27. The van der Waals surface area contributed by atoms with Gasteiger partial charge in [-0.3, -0.25) is 14.7 Å². The van der Waals surface area contributed by atoms with Gasteiger partial charge >= 0.3 is 6.09 Å². The van der Waals surface area contributed by atoms with Gasteiger partial charge in [0.15, 0.2) is 5.15 Å².